The molecule has 1 N–H and O–H groups in total. The molecule has 2 aromatic carbocycles. The zero-order valence-electron chi connectivity index (χ0n) is 20.6. The fourth-order valence-corrected chi connectivity index (χ4v) is 4.85. The fraction of sp³-hybridized carbons (Fsp3) is 0.440. The molecule has 0 aromatic heterocycles. The van der Waals surface area contributed by atoms with Crippen LogP contribution in [0.4, 0.5) is 5.69 Å². The van der Waals surface area contributed by atoms with Crippen molar-refractivity contribution in [2.45, 2.75) is 52.6 Å². The van der Waals surface area contributed by atoms with Crippen LogP contribution < -0.4 is 9.62 Å². The van der Waals surface area contributed by atoms with Crippen LogP contribution in [0, 0.1) is 0 Å². The third kappa shape index (κ3) is 8.12. The zero-order chi connectivity index (χ0) is 26.2. The van der Waals surface area contributed by atoms with E-state index in [1.165, 1.54) is 4.90 Å². The van der Waals surface area contributed by atoms with Gasteiger partial charge in [0.1, 0.15) is 12.6 Å². The predicted molar refractivity (Wildman–Crippen MR) is 142 cm³/mol. The van der Waals surface area contributed by atoms with Crippen molar-refractivity contribution >= 4 is 50.7 Å². The Kier molecular flexibility index (Phi) is 10.9. The molecule has 0 aliphatic carbocycles. The van der Waals surface area contributed by atoms with Crippen LogP contribution >= 0.6 is 23.2 Å². The third-order valence-corrected chi connectivity index (χ3v) is 7.55. The van der Waals surface area contributed by atoms with E-state index in [-0.39, 0.29) is 12.5 Å². The van der Waals surface area contributed by atoms with Crippen LogP contribution in [0.5, 0.6) is 0 Å². The van der Waals surface area contributed by atoms with Crippen LogP contribution in [-0.2, 0) is 32.6 Å². The molecule has 35 heavy (non-hydrogen) atoms. The van der Waals surface area contributed by atoms with Gasteiger partial charge in [-0.25, -0.2) is 8.42 Å². The van der Waals surface area contributed by atoms with E-state index in [0.29, 0.717) is 27.8 Å². The normalized spacial score (nSPS) is 12.2. The van der Waals surface area contributed by atoms with Crippen LogP contribution in [0.25, 0.3) is 0 Å². The second-order valence-electron chi connectivity index (χ2n) is 8.33. The van der Waals surface area contributed by atoms with Gasteiger partial charge in [0.25, 0.3) is 0 Å². The molecule has 0 heterocycles. The Morgan fingerprint density at radius 3 is 2.14 bits per heavy atom. The maximum atomic E-state index is 13.6. The van der Waals surface area contributed by atoms with E-state index in [2.05, 4.69) is 5.32 Å². The largest absolute Gasteiger partial charge is 0.354 e. The second-order valence-corrected chi connectivity index (χ2v) is 11.1. The molecule has 0 unspecified atom stereocenters. The molecule has 0 saturated carbocycles. The topological polar surface area (TPSA) is 86.8 Å². The maximum absolute atomic E-state index is 13.6. The molecular weight excluding hydrogens is 509 g/mol. The molecule has 0 aliphatic rings. The van der Waals surface area contributed by atoms with Crippen molar-refractivity contribution in [3.8, 4) is 0 Å². The Hall–Kier alpha value is -2.29. The van der Waals surface area contributed by atoms with Crippen LogP contribution in [0.2, 0.25) is 10.0 Å². The minimum Gasteiger partial charge on any atom is -0.354 e. The van der Waals surface area contributed by atoms with Gasteiger partial charge in [-0.15, -0.1) is 0 Å². The van der Waals surface area contributed by atoms with Gasteiger partial charge in [-0.05, 0) is 49.6 Å². The van der Waals surface area contributed by atoms with E-state index >= 15 is 0 Å². The number of rotatable bonds is 12. The van der Waals surface area contributed by atoms with Crippen molar-refractivity contribution in [2.24, 2.45) is 0 Å². The molecule has 2 aromatic rings. The average Bonchev–Trinajstić information content (AvgIpc) is 2.81. The summed E-state index contributed by atoms with van der Waals surface area (Å²) < 4.78 is 26.3. The van der Waals surface area contributed by atoms with Gasteiger partial charge in [0.2, 0.25) is 21.8 Å². The second kappa shape index (κ2) is 13.1. The maximum Gasteiger partial charge on any atom is 0.244 e. The highest BCUT2D eigenvalue weighted by molar-refractivity contribution is 7.92. The van der Waals surface area contributed by atoms with Gasteiger partial charge in [-0.3, -0.25) is 13.9 Å². The lowest BCUT2D eigenvalue weighted by molar-refractivity contribution is -0.139. The number of unbranched alkanes of at least 4 members (excludes halogenated alkanes) is 1. The number of sulfonamides is 1. The molecule has 0 spiro atoms. The van der Waals surface area contributed by atoms with Gasteiger partial charge >= 0.3 is 0 Å². The minimum absolute atomic E-state index is 0.0495. The molecule has 0 fully saturated rings. The number of anilines is 1. The van der Waals surface area contributed by atoms with Gasteiger partial charge < -0.3 is 10.2 Å². The van der Waals surface area contributed by atoms with Crippen molar-refractivity contribution in [3.05, 3.63) is 63.6 Å². The lowest BCUT2D eigenvalue weighted by Gasteiger charge is -2.32. The third-order valence-electron chi connectivity index (χ3n) is 5.70. The number of benzene rings is 2. The van der Waals surface area contributed by atoms with Crippen molar-refractivity contribution in [1.82, 2.24) is 10.2 Å². The summed E-state index contributed by atoms with van der Waals surface area (Å²) in [5.41, 5.74) is 1.89. The van der Waals surface area contributed by atoms with E-state index in [4.69, 9.17) is 23.2 Å². The lowest BCUT2D eigenvalue weighted by Crippen LogP contribution is -2.51. The Morgan fingerprint density at radius 2 is 1.63 bits per heavy atom. The summed E-state index contributed by atoms with van der Waals surface area (Å²) in [6.45, 7) is 5.57. The van der Waals surface area contributed by atoms with E-state index in [0.717, 1.165) is 35.4 Å². The monoisotopic (exact) mass is 541 g/mol. The molecule has 0 aliphatic heterocycles. The zero-order valence-corrected chi connectivity index (χ0v) is 22.9. The number of halogens is 2. The SMILES string of the molecule is CCCCNC(=O)[C@H](C)N(Cc1c(Cl)cccc1Cl)C(=O)CN(c1ccc(CC)cc1)S(C)(=O)=O. The summed E-state index contributed by atoms with van der Waals surface area (Å²) >= 11 is 12.7. The molecule has 7 nitrogen and oxygen atoms in total. The van der Waals surface area contributed by atoms with Crippen LogP contribution in [0.15, 0.2) is 42.5 Å². The number of amides is 2. The first-order chi connectivity index (χ1) is 16.5. The summed E-state index contributed by atoms with van der Waals surface area (Å²) in [7, 11) is -3.79. The van der Waals surface area contributed by atoms with Crippen LogP contribution in [-0.4, -0.2) is 50.5 Å². The smallest absolute Gasteiger partial charge is 0.244 e. The van der Waals surface area contributed by atoms with E-state index in [9.17, 15) is 18.0 Å². The van der Waals surface area contributed by atoms with Gasteiger partial charge in [-0.2, -0.15) is 0 Å². The number of aryl methyl sites for hydroxylation is 1. The van der Waals surface area contributed by atoms with Crippen molar-refractivity contribution < 1.29 is 18.0 Å². The standard InChI is InChI=1S/C25H33Cl2N3O4S/c1-5-7-15-28-25(32)18(3)29(16-21-22(26)9-8-10-23(21)27)24(31)17-30(35(4,33)34)20-13-11-19(6-2)12-14-20/h8-14,18H,5-7,15-17H2,1-4H3,(H,28,32)/t18-/m0/s1. The Morgan fingerprint density at radius 1 is 1.03 bits per heavy atom. The number of hydrogen-bond donors (Lipinski definition) is 1. The highest BCUT2D eigenvalue weighted by Gasteiger charge is 2.30. The Balaban J connectivity index is 2.40. The summed E-state index contributed by atoms with van der Waals surface area (Å²) in [5.74, 6) is -0.891. The molecule has 2 amide bonds. The van der Waals surface area contributed by atoms with E-state index < -0.39 is 28.5 Å². The average molecular weight is 543 g/mol. The fourth-order valence-electron chi connectivity index (χ4n) is 3.48. The highest BCUT2D eigenvalue weighted by atomic mass is 35.5. The highest BCUT2D eigenvalue weighted by Crippen LogP contribution is 2.27. The first-order valence-corrected chi connectivity index (χ1v) is 14.2. The first kappa shape index (κ1) is 28.9. The summed E-state index contributed by atoms with van der Waals surface area (Å²) in [6, 6.07) is 11.1. The predicted octanol–water partition coefficient (Wildman–Crippen LogP) is 4.66. The van der Waals surface area contributed by atoms with Crippen LogP contribution in [0.1, 0.15) is 44.7 Å². The molecule has 0 saturated heterocycles. The van der Waals surface area contributed by atoms with Crippen molar-refractivity contribution in [2.75, 3.05) is 23.7 Å². The minimum atomic E-state index is -3.79. The van der Waals surface area contributed by atoms with E-state index in [1.807, 2.05) is 26.0 Å². The summed E-state index contributed by atoms with van der Waals surface area (Å²) in [5, 5.41) is 3.53. The molecule has 0 radical (unpaired) electrons. The van der Waals surface area contributed by atoms with Crippen molar-refractivity contribution in [3.63, 3.8) is 0 Å². The van der Waals surface area contributed by atoms with Crippen LogP contribution in [0.3, 0.4) is 0 Å². The molecule has 10 heteroatoms. The van der Waals surface area contributed by atoms with Gasteiger partial charge in [0, 0.05) is 28.7 Å². The number of carbonyl (C=O) groups is 2. The van der Waals surface area contributed by atoms with Crippen molar-refractivity contribution in [1.29, 1.82) is 0 Å². The molecule has 1 atom stereocenters. The number of nitrogens with zero attached hydrogens (tertiary/aromatic N) is 2. The van der Waals surface area contributed by atoms with E-state index in [1.54, 1.807) is 37.3 Å². The molecule has 192 valence electrons. The quantitative estimate of drug-likeness (QED) is 0.396. The Bertz CT molecular complexity index is 1100. The summed E-state index contributed by atoms with van der Waals surface area (Å²) in [6.07, 6.45) is 3.56. The first-order valence-electron chi connectivity index (χ1n) is 11.6. The molecular formula is C25H33Cl2N3O4S. The number of nitrogens with one attached hydrogen (secondary N) is 1. The number of hydrogen-bond acceptors (Lipinski definition) is 4. The van der Waals surface area contributed by atoms with Gasteiger partial charge in [0.05, 0.1) is 11.9 Å². The molecule has 2 rings (SSSR count). The Labute approximate surface area is 218 Å². The molecule has 0 bridgehead atoms. The lowest BCUT2D eigenvalue weighted by atomic mass is 10.1. The van der Waals surface area contributed by atoms with Gasteiger partial charge in [-0.1, -0.05) is 61.7 Å². The summed E-state index contributed by atoms with van der Waals surface area (Å²) in [4.78, 5) is 27.7. The van der Waals surface area contributed by atoms with Gasteiger partial charge in [0.15, 0.2) is 0 Å². The number of carbonyl (C=O) groups excluding carboxylic acids is 2.